The molecule has 1 aromatic heterocycles. The van der Waals surface area contributed by atoms with E-state index in [9.17, 15) is 0 Å². The summed E-state index contributed by atoms with van der Waals surface area (Å²) in [6, 6.07) is 9.35. The summed E-state index contributed by atoms with van der Waals surface area (Å²) >= 11 is 0. The van der Waals surface area contributed by atoms with Crippen LogP contribution in [-0.4, -0.2) is 22.6 Å². The van der Waals surface area contributed by atoms with Crippen LogP contribution in [0.2, 0.25) is 0 Å². The van der Waals surface area contributed by atoms with Gasteiger partial charge in [0.2, 0.25) is 0 Å². The van der Waals surface area contributed by atoms with E-state index >= 15 is 0 Å². The highest BCUT2D eigenvalue weighted by Gasteiger charge is 2.13. The molecule has 0 unspecified atom stereocenters. The van der Waals surface area contributed by atoms with E-state index in [1.54, 1.807) is 13.1 Å². The van der Waals surface area contributed by atoms with Gasteiger partial charge in [-0.2, -0.15) is 15.5 Å². The van der Waals surface area contributed by atoms with Gasteiger partial charge in [-0.3, -0.25) is 0 Å². The van der Waals surface area contributed by atoms with E-state index < -0.39 is 0 Å². The van der Waals surface area contributed by atoms with Crippen LogP contribution in [0.5, 0.6) is 0 Å². The van der Waals surface area contributed by atoms with Crippen LogP contribution in [0.1, 0.15) is 25.2 Å². The molecule has 2 aromatic rings. The summed E-state index contributed by atoms with van der Waals surface area (Å²) in [5, 5.41) is 26.1. The topological polar surface area (TPSA) is 119 Å². The largest absolute Gasteiger partial charge is 0.397 e. The van der Waals surface area contributed by atoms with Crippen molar-refractivity contribution in [2.24, 2.45) is 17.3 Å². The Labute approximate surface area is 140 Å². The summed E-state index contributed by atoms with van der Waals surface area (Å²) in [5.74, 6) is 0.176. The SMILES string of the molecule is CCN(CC)c1ccc(N=Nc2nc(C#N)c(C#N)n2C)c(N)c1. The van der Waals surface area contributed by atoms with Crippen LogP contribution in [0, 0.1) is 22.7 Å². The molecule has 0 atom stereocenters. The molecule has 0 saturated carbocycles. The summed E-state index contributed by atoms with van der Waals surface area (Å²) in [7, 11) is 1.60. The Balaban J connectivity index is 2.32. The second-order valence-corrected chi connectivity index (χ2v) is 5.01. The predicted octanol–water partition coefficient (Wildman–Crippen LogP) is 3.01. The van der Waals surface area contributed by atoms with Gasteiger partial charge in [-0.05, 0) is 32.0 Å². The molecule has 8 nitrogen and oxygen atoms in total. The van der Waals surface area contributed by atoms with Crippen molar-refractivity contribution in [2.45, 2.75) is 13.8 Å². The smallest absolute Gasteiger partial charge is 0.251 e. The molecular weight excluding hydrogens is 304 g/mol. The highest BCUT2D eigenvalue weighted by atomic mass is 15.3. The standard InChI is InChI=1S/C16H18N8/c1-4-24(5-2)11-6-7-13(12(19)8-11)21-22-16-20-14(9-17)15(10-18)23(16)3/h6-8H,4-5,19H2,1-3H3. The van der Waals surface area contributed by atoms with E-state index in [0.717, 1.165) is 18.8 Å². The number of nitrogens with two attached hydrogens (primary N) is 1. The Bertz CT molecular complexity index is 846. The quantitative estimate of drug-likeness (QED) is 0.670. The highest BCUT2D eigenvalue weighted by molar-refractivity contribution is 5.69. The number of aromatic nitrogens is 2. The lowest BCUT2D eigenvalue weighted by molar-refractivity contribution is 0.866. The van der Waals surface area contributed by atoms with Crippen molar-refractivity contribution in [3.63, 3.8) is 0 Å². The van der Waals surface area contributed by atoms with Crippen LogP contribution in [0.3, 0.4) is 0 Å². The maximum atomic E-state index is 9.04. The third kappa shape index (κ3) is 3.18. The molecule has 0 bridgehead atoms. The Morgan fingerprint density at radius 2 is 1.92 bits per heavy atom. The highest BCUT2D eigenvalue weighted by Crippen LogP contribution is 2.29. The third-order valence-corrected chi connectivity index (χ3v) is 3.67. The number of azo groups is 1. The van der Waals surface area contributed by atoms with E-state index in [-0.39, 0.29) is 17.3 Å². The summed E-state index contributed by atoms with van der Waals surface area (Å²) in [6.45, 7) is 5.93. The second-order valence-electron chi connectivity index (χ2n) is 5.01. The molecule has 0 fully saturated rings. The van der Waals surface area contributed by atoms with Crippen LogP contribution >= 0.6 is 0 Å². The van der Waals surface area contributed by atoms with Gasteiger partial charge in [0, 0.05) is 25.8 Å². The lowest BCUT2D eigenvalue weighted by Crippen LogP contribution is -2.21. The molecule has 0 spiro atoms. The van der Waals surface area contributed by atoms with Crippen LogP contribution < -0.4 is 10.6 Å². The number of nitriles is 2. The Morgan fingerprint density at radius 3 is 2.42 bits per heavy atom. The van der Waals surface area contributed by atoms with Crippen LogP contribution in [0.4, 0.5) is 23.0 Å². The van der Waals surface area contributed by atoms with E-state index in [1.165, 1.54) is 4.57 Å². The molecule has 0 aliphatic carbocycles. The predicted molar refractivity (Wildman–Crippen MR) is 91.2 cm³/mol. The number of hydrogen-bond donors (Lipinski definition) is 1. The molecule has 0 saturated heterocycles. The van der Waals surface area contributed by atoms with E-state index in [0.29, 0.717) is 11.4 Å². The maximum absolute atomic E-state index is 9.04. The minimum absolute atomic E-state index is 0.0267. The molecule has 2 N–H and O–H groups in total. The normalized spacial score (nSPS) is 10.5. The Hall–Kier alpha value is -3.39. The van der Waals surface area contributed by atoms with Crippen molar-refractivity contribution in [3.8, 4) is 12.1 Å². The van der Waals surface area contributed by atoms with Gasteiger partial charge < -0.3 is 15.2 Å². The van der Waals surface area contributed by atoms with Crippen molar-refractivity contribution in [1.29, 1.82) is 10.5 Å². The van der Waals surface area contributed by atoms with E-state index in [1.807, 2.05) is 24.3 Å². The van der Waals surface area contributed by atoms with Crippen molar-refractivity contribution in [1.82, 2.24) is 9.55 Å². The second kappa shape index (κ2) is 7.25. The zero-order valence-electron chi connectivity index (χ0n) is 13.9. The van der Waals surface area contributed by atoms with Gasteiger partial charge in [-0.25, -0.2) is 0 Å². The van der Waals surface area contributed by atoms with Crippen LogP contribution in [0.15, 0.2) is 28.4 Å². The number of rotatable bonds is 5. The van der Waals surface area contributed by atoms with Gasteiger partial charge in [-0.1, -0.05) is 0 Å². The van der Waals surface area contributed by atoms with Crippen molar-refractivity contribution in [3.05, 3.63) is 29.6 Å². The fourth-order valence-corrected chi connectivity index (χ4v) is 2.30. The summed E-state index contributed by atoms with van der Waals surface area (Å²) < 4.78 is 1.42. The minimum Gasteiger partial charge on any atom is -0.397 e. The van der Waals surface area contributed by atoms with Gasteiger partial charge in [0.15, 0.2) is 11.4 Å². The third-order valence-electron chi connectivity index (χ3n) is 3.67. The zero-order valence-corrected chi connectivity index (χ0v) is 13.9. The Kier molecular flexibility index (Phi) is 5.13. The fraction of sp³-hybridized carbons (Fsp3) is 0.312. The number of benzene rings is 1. The average Bonchev–Trinajstić information content (AvgIpc) is 2.90. The number of nitrogen functional groups attached to an aromatic ring is 1. The molecule has 0 aliphatic rings. The molecule has 122 valence electrons. The zero-order chi connectivity index (χ0) is 17.7. The summed E-state index contributed by atoms with van der Waals surface area (Å²) in [4.78, 5) is 6.16. The molecule has 0 radical (unpaired) electrons. The Morgan fingerprint density at radius 1 is 1.21 bits per heavy atom. The number of hydrogen-bond acceptors (Lipinski definition) is 7. The number of imidazole rings is 1. The fourth-order valence-electron chi connectivity index (χ4n) is 2.30. The van der Waals surface area contributed by atoms with Crippen LogP contribution in [-0.2, 0) is 7.05 Å². The summed E-state index contributed by atoms with van der Waals surface area (Å²) in [6.07, 6.45) is 0. The minimum atomic E-state index is 0.0267. The first kappa shape index (κ1) is 17.0. The number of nitrogens with zero attached hydrogens (tertiary/aromatic N) is 7. The van der Waals surface area contributed by atoms with Gasteiger partial charge in [0.25, 0.3) is 5.95 Å². The summed E-state index contributed by atoms with van der Waals surface area (Å²) in [5.41, 5.74) is 8.25. The molecule has 8 heteroatoms. The van der Waals surface area contributed by atoms with Crippen molar-refractivity contribution >= 4 is 23.0 Å². The maximum Gasteiger partial charge on any atom is 0.251 e. The first-order valence-corrected chi connectivity index (χ1v) is 7.48. The molecule has 0 aliphatic heterocycles. The molecule has 0 amide bonds. The molecular formula is C16H18N8. The van der Waals surface area contributed by atoms with E-state index in [2.05, 4.69) is 34.0 Å². The first-order chi connectivity index (χ1) is 11.5. The number of anilines is 2. The van der Waals surface area contributed by atoms with E-state index in [4.69, 9.17) is 16.3 Å². The van der Waals surface area contributed by atoms with Crippen LogP contribution in [0.25, 0.3) is 0 Å². The van der Waals surface area contributed by atoms with Crippen molar-refractivity contribution < 1.29 is 0 Å². The van der Waals surface area contributed by atoms with Gasteiger partial charge >= 0.3 is 0 Å². The average molecular weight is 322 g/mol. The molecule has 1 heterocycles. The van der Waals surface area contributed by atoms with Gasteiger partial charge in [-0.15, -0.1) is 10.2 Å². The lowest BCUT2D eigenvalue weighted by atomic mass is 10.2. The monoisotopic (exact) mass is 322 g/mol. The van der Waals surface area contributed by atoms with Gasteiger partial charge in [0.1, 0.15) is 17.8 Å². The lowest BCUT2D eigenvalue weighted by Gasteiger charge is -2.21. The first-order valence-electron chi connectivity index (χ1n) is 7.48. The molecule has 2 rings (SSSR count). The van der Waals surface area contributed by atoms with Crippen molar-refractivity contribution in [2.75, 3.05) is 23.7 Å². The van der Waals surface area contributed by atoms with Gasteiger partial charge in [0.05, 0.1) is 5.69 Å². The molecule has 24 heavy (non-hydrogen) atoms. The molecule has 1 aromatic carbocycles.